The van der Waals surface area contributed by atoms with E-state index in [0.29, 0.717) is 0 Å². The van der Waals surface area contributed by atoms with Crippen LogP contribution in [0.3, 0.4) is 0 Å². The Balaban J connectivity index is 1.75. The molecule has 3 nitrogen and oxygen atoms in total. The van der Waals surface area contributed by atoms with Crippen molar-refractivity contribution < 1.29 is 0 Å². The van der Waals surface area contributed by atoms with Crippen LogP contribution < -0.4 is 10.2 Å². The lowest BCUT2D eigenvalue weighted by Gasteiger charge is -2.31. The van der Waals surface area contributed by atoms with E-state index in [-0.39, 0.29) is 0 Å². The summed E-state index contributed by atoms with van der Waals surface area (Å²) in [6, 6.07) is 0. The largest absolute Gasteiger partial charge is 0.348 e. The molecule has 1 aliphatic rings. The molecular formula is C14H25N3S. The molecule has 4 heteroatoms. The summed E-state index contributed by atoms with van der Waals surface area (Å²) in [5, 5.41) is 6.97. The smallest absolute Gasteiger partial charge is 0.185 e. The number of nitrogens with one attached hydrogen (secondary N) is 1. The van der Waals surface area contributed by atoms with Gasteiger partial charge in [-0.2, -0.15) is 0 Å². The van der Waals surface area contributed by atoms with Crippen molar-refractivity contribution in [1.29, 1.82) is 0 Å². The van der Waals surface area contributed by atoms with Gasteiger partial charge in [-0.1, -0.05) is 13.8 Å². The summed E-state index contributed by atoms with van der Waals surface area (Å²) in [7, 11) is 0. The second kappa shape index (κ2) is 7.10. The summed E-state index contributed by atoms with van der Waals surface area (Å²) in [5.41, 5.74) is 1.24. The van der Waals surface area contributed by atoms with Crippen LogP contribution in [-0.4, -0.2) is 31.2 Å². The molecule has 0 spiro atoms. The molecule has 0 bridgehead atoms. The number of anilines is 1. The summed E-state index contributed by atoms with van der Waals surface area (Å²) in [6.45, 7) is 9.10. The highest BCUT2D eigenvalue weighted by atomic mass is 32.1. The second-order valence-corrected chi connectivity index (χ2v) is 5.95. The number of aromatic nitrogens is 1. The Hall–Kier alpha value is -0.610. The Labute approximate surface area is 115 Å². The summed E-state index contributed by atoms with van der Waals surface area (Å²) >= 11 is 1.80. The third kappa shape index (κ3) is 3.69. The average Bonchev–Trinajstić information content (AvgIpc) is 2.89. The van der Waals surface area contributed by atoms with E-state index < -0.39 is 0 Å². The lowest BCUT2D eigenvalue weighted by molar-refractivity contribution is 0.383. The molecule has 0 aromatic carbocycles. The third-order valence-corrected chi connectivity index (χ3v) is 4.60. The van der Waals surface area contributed by atoms with Crippen molar-refractivity contribution in [3.05, 3.63) is 11.1 Å². The fourth-order valence-corrected chi connectivity index (χ4v) is 3.38. The maximum atomic E-state index is 4.68. The number of nitrogens with zero attached hydrogens (tertiary/aromatic N) is 2. The first-order valence-electron chi connectivity index (χ1n) is 7.23. The van der Waals surface area contributed by atoms with Gasteiger partial charge in [0.2, 0.25) is 0 Å². The Kier molecular flexibility index (Phi) is 5.45. The molecule has 0 aliphatic carbocycles. The average molecular weight is 267 g/mol. The highest BCUT2D eigenvalue weighted by molar-refractivity contribution is 7.13. The van der Waals surface area contributed by atoms with Crippen LogP contribution in [0.1, 0.15) is 38.8 Å². The molecule has 0 atom stereocenters. The zero-order chi connectivity index (χ0) is 12.8. The molecule has 1 aliphatic heterocycles. The van der Waals surface area contributed by atoms with Crippen LogP contribution in [0, 0.1) is 5.92 Å². The van der Waals surface area contributed by atoms with Crippen LogP contribution in [0.15, 0.2) is 5.38 Å². The van der Waals surface area contributed by atoms with Crippen LogP contribution >= 0.6 is 11.3 Å². The van der Waals surface area contributed by atoms with Gasteiger partial charge in [0.15, 0.2) is 5.13 Å². The maximum Gasteiger partial charge on any atom is 0.185 e. The Morgan fingerprint density at radius 3 is 2.78 bits per heavy atom. The molecule has 102 valence electrons. The number of hydrogen-bond acceptors (Lipinski definition) is 4. The first kappa shape index (κ1) is 13.8. The lowest BCUT2D eigenvalue weighted by Crippen LogP contribution is -2.37. The van der Waals surface area contributed by atoms with Crippen LogP contribution in [-0.2, 0) is 6.42 Å². The Morgan fingerprint density at radius 2 is 2.17 bits per heavy atom. The monoisotopic (exact) mass is 267 g/mol. The van der Waals surface area contributed by atoms with Crippen molar-refractivity contribution in [2.75, 3.05) is 31.1 Å². The van der Waals surface area contributed by atoms with Gasteiger partial charge >= 0.3 is 0 Å². The van der Waals surface area contributed by atoms with Crippen LogP contribution in [0.5, 0.6) is 0 Å². The SMILES string of the molecule is CCCNCC1CCN(c2nc(CC)cs2)CC1. The molecular weight excluding hydrogens is 242 g/mol. The van der Waals surface area contributed by atoms with E-state index in [9.17, 15) is 0 Å². The van der Waals surface area contributed by atoms with Gasteiger partial charge in [0.05, 0.1) is 5.69 Å². The van der Waals surface area contributed by atoms with Crippen LogP contribution in [0.4, 0.5) is 5.13 Å². The topological polar surface area (TPSA) is 28.2 Å². The number of piperidine rings is 1. The summed E-state index contributed by atoms with van der Waals surface area (Å²) in [4.78, 5) is 7.14. The summed E-state index contributed by atoms with van der Waals surface area (Å²) in [5.74, 6) is 0.860. The minimum atomic E-state index is 0.860. The van der Waals surface area contributed by atoms with Crippen molar-refractivity contribution in [3.63, 3.8) is 0 Å². The van der Waals surface area contributed by atoms with E-state index in [4.69, 9.17) is 0 Å². The maximum absolute atomic E-state index is 4.68. The van der Waals surface area contributed by atoms with Gasteiger partial charge in [0.25, 0.3) is 0 Å². The minimum Gasteiger partial charge on any atom is -0.348 e. The number of aryl methyl sites for hydroxylation is 1. The van der Waals surface area contributed by atoms with Crippen LogP contribution in [0.2, 0.25) is 0 Å². The van der Waals surface area contributed by atoms with Gasteiger partial charge in [-0.15, -0.1) is 11.3 Å². The van der Waals surface area contributed by atoms with E-state index in [0.717, 1.165) is 18.9 Å². The normalized spacial score (nSPS) is 17.3. The molecule has 2 heterocycles. The molecule has 1 aromatic heterocycles. The fourth-order valence-electron chi connectivity index (χ4n) is 2.42. The third-order valence-electron chi connectivity index (χ3n) is 3.65. The predicted molar refractivity (Wildman–Crippen MR) is 79.6 cm³/mol. The van der Waals surface area contributed by atoms with Crippen molar-refractivity contribution in [2.24, 2.45) is 5.92 Å². The highest BCUT2D eigenvalue weighted by Crippen LogP contribution is 2.26. The molecule has 1 fully saturated rings. The van der Waals surface area contributed by atoms with E-state index >= 15 is 0 Å². The quantitative estimate of drug-likeness (QED) is 0.803. The zero-order valence-corrected chi connectivity index (χ0v) is 12.4. The summed E-state index contributed by atoms with van der Waals surface area (Å²) < 4.78 is 0. The zero-order valence-electron chi connectivity index (χ0n) is 11.6. The van der Waals surface area contributed by atoms with Gasteiger partial charge < -0.3 is 10.2 Å². The van der Waals surface area contributed by atoms with E-state index in [2.05, 4.69) is 34.4 Å². The van der Waals surface area contributed by atoms with Crippen molar-refractivity contribution in [1.82, 2.24) is 10.3 Å². The number of hydrogen-bond donors (Lipinski definition) is 1. The van der Waals surface area contributed by atoms with Gasteiger partial charge in [-0.05, 0) is 44.7 Å². The van der Waals surface area contributed by atoms with E-state index in [1.165, 1.54) is 49.7 Å². The Morgan fingerprint density at radius 1 is 1.39 bits per heavy atom. The van der Waals surface area contributed by atoms with E-state index in [1.54, 1.807) is 11.3 Å². The highest BCUT2D eigenvalue weighted by Gasteiger charge is 2.20. The first-order chi connectivity index (χ1) is 8.83. The van der Waals surface area contributed by atoms with Gasteiger partial charge in [-0.3, -0.25) is 0 Å². The predicted octanol–water partition coefficient (Wildman–Crippen LogP) is 2.92. The number of rotatable bonds is 6. The molecule has 18 heavy (non-hydrogen) atoms. The summed E-state index contributed by atoms with van der Waals surface area (Å²) in [6.07, 6.45) is 4.89. The van der Waals surface area contributed by atoms with Crippen molar-refractivity contribution >= 4 is 16.5 Å². The van der Waals surface area contributed by atoms with Crippen LogP contribution in [0.25, 0.3) is 0 Å². The molecule has 0 radical (unpaired) electrons. The molecule has 0 saturated carbocycles. The second-order valence-electron chi connectivity index (χ2n) is 5.11. The molecule has 1 N–H and O–H groups in total. The minimum absolute atomic E-state index is 0.860. The number of thiazole rings is 1. The first-order valence-corrected chi connectivity index (χ1v) is 8.11. The van der Waals surface area contributed by atoms with Gasteiger partial charge in [0, 0.05) is 18.5 Å². The van der Waals surface area contributed by atoms with Crippen molar-refractivity contribution in [2.45, 2.75) is 39.5 Å². The molecule has 1 aromatic rings. The molecule has 2 rings (SSSR count). The Bertz CT molecular complexity index is 343. The van der Waals surface area contributed by atoms with E-state index in [1.807, 2.05) is 0 Å². The standard InChI is InChI=1S/C14H25N3S/c1-3-7-15-10-12-5-8-17(9-6-12)14-16-13(4-2)11-18-14/h11-12,15H,3-10H2,1-2H3. The van der Waals surface area contributed by atoms with Crippen molar-refractivity contribution in [3.8, 4) is 0 Å². The van der Waals surface area contributed by atoms with Gasteiger partial charge in [0.1, 0.15) is 0 Å². The lowest BCUT2D eigenvalue weighted by atomic mass is 9.97. The molecule has 0 amide bonds. The van der Waals surface area contributed by atoms with Gasteiger partial charge in [-0.25, -0.2) is 4.98 Å². The molecule has 1 saturated heterocycles. The fraction of sp³-hybridized carbons (Fsp3) is 0.786. The molecule has 0 unspecified atom stereocenters.